The number of nitrogens with two attached hydrogens (primary N) is 1. The molecule has 6 N–H and O–H groups in total. The van der Waals surface area contributed by atoms with Gasteiger partial charge in [0, 0.05) is 47.3 Å². The molecule has 0 spiro atoms. The zero-order valence-corrected chi connectivity index (χ0v) is 79.3. The minimum Gasteiger partial charge on any atom is -0.400 e. The van der Waals surface area contributed by atoms with Crippen molar-refractivity contribution < 1.29 is 28.3 Å². The van der Waals surface area contributed by atoms with Gasteiger partial charge in [-0.2, -0.15) is 45.9 Å². The number of fused-ring (bicyclic) bond motifs is 9. The lowest BCUT2D eigenvalue weighted by molar-refractivity contribution is 0.00578. The van der Waals surface area contributed by atoms with Gasteiger partial charge < -0.3 is 44.6 Å². The molecule has 0 atom stereocenters. The van der Waals surface area contributed by atoms with Gasteiger partial charge in [0.2, 0.25) is 33.0 Å². The van der Waals surface area contributed by atoms with Gasteiger partial charge in [-0.15, -0.1) is 0 Å². The average Bonchev–Trinajstić information content (AvgIpc) is 1.64. The van der Waals surface area contributed by atoms with Crippen LogP contribution < -0.4 is 16.4 Å². The monoisotopic (exact) mass is 2060 g/mol. The van der Waals surface area contributed by atoms with Gasteiger partial charge in [-0.25, -0.2) is 88.3 Å². The molecular weight excluding hydrogens is 1980 g/mol. The number of aromatic nitrogens is 33. The maximum Gasteiger partial charge on any atom is 0.490 e. The SMILES string of the molecule is CC1(C)OB(C2=CCOCC2)OC1(C)C.Cc1cc2ncnn2cc1N.Cc1cc2ncnn2cc1Nc1ncc2c(n1)c(C1=CCOCC1)nn2C.Cc1cc2ncnn2cc1Nc1ncc2c(n1)c(C1CCOCC1)nn2C.Clc1ncc2[nH]ncc2n1.Clc1ncc2n[nH]c(I)c2n1.Cn1nc(C2=CCOCC2)c2nc(Cl)ncc21.Cn1nc(I)c2nc(Cl)ncc21. The van der Waals surface area contributed by atoms with Crippen LogP contribution in [0.5, 0.6) is 0 Å². The third-order valence-corrected chi connectivity index (χ3v) is 24.0. The first-order valence-corrected chi connectivity index (χ1v) is 44.3. The van der Waals surface area contributed by atoms with Crippen LogP contribution in [-0.2, 0) is 56.4 Å². The summed E-state index contributed by atoms with van der Waals surface area (Å²) in [6.07, 6.45) is 32.6. The summed E-state index contributed by atoms with van der Waals surface area (Å²) in [4.78, 5) is 62.5. The first kappa shape index (κ1) is 91.5. The minimum absolute atomic E-state index is 0.182. The van der Waals surface area contributed by atoms with Gasteiger partial charge in [0.05, 0.1) is 136 Å². The second kappa shape index (κ2) is 40.3. The summed E-state index contributed by atoms with van der Waals surface area (Å²) in [5, 5.41) is 51.2. The number of hydrogen-bond donors (Lipinski definition) is 5. The van der Waals surface area contributed by atoms with Crippen molar-refractivity contribution in [1.82, 2.24) is 163 Å². The normalized spacial score (nSPS) is 15.4. The van der Waals surface area contributed by atoms with Crippen molar-refractivity contribution in [3.05, 3.63) is 185 Å². The van der Waals surface area contributed by atoms with E-state index in [1.807, 2.05) is 101 Å². The van der Waals surface area contributed by atoms with Gasteiger partial charge in [0.25, 0.3) is 0 Å². The standard InChI is InChI=1S/C18H20N8O.C18H18N8O.C11H19BO3.C11H11ClN4O.C7H8N4.C6H4ClIN4.C5H2ClIN4.C5H3ClN4/c2*1-11-7-15-20-10-21-26(15)9-13(11)22-18-19-8-14-17(23-18)16(24-25(14)2)12-3-5-27-6-4-12;1-10(2)11(3,4)15-12(14-10)9-5-7-13-8-6-9;1-16-8-6-13-11(12)14-10(8)9(15-16)7-2-4-17-5-3-7;1-5-2-7-9-4-10-11(7)3-6(5)8;1-12-3-2-9-6(7)10-4(3)5(8)11-12;6-5-8-1-2-3(9-5)4(7)11-10-2;6-5-7-1-4-3(9-5)2-8-10-4/h7-10,12H,3-6H2,1-2H3,(H,19,22,23);3,7-10H,4-6H2,1-2H3,(H,19,22,23);5H,6-8H2,1-4H3;2,6H,3-5H2,1H3;2-4H,8H2,1H3;2H,1H3;1H,(H,10,11);1-2H,(H,8,10). The van der Waals surface area contributed by atoms with Crippen LogP contribution in [0.1, 0.15) is 99.5 Å². The smallest absolute Gasteiger partial charge is 0.400 e. The van der Waals surface area contributed by atoms with Gasteiger partial charge in [-0.05, 0) is 224 Å². The number of nitrogen functional groups attached to an aromatic ring is 1. The molecular formula is C81H85BCl4I2N36O6. The molecule has 18 aromatic heterocycles. The molecule has 2 fully saturated rings. The highest BCUT2D eigenvalue weighted by Gasteiger charge is 2.52. The number of halogens is 6. The maximum absolute atomic E-state index is 5.96. The highest BCUT2D eigenvalue weighted by molar-refractivity contribution is 14.1. The quantitative estimate of drug-likeness (QED) is 0.0536. The number of anilines is 5. The van der Waals surface area contributed by atoms with Crippen molar-refractivity contribution in [3.63, 3.8) is 0 Å². The van der Waals surface area contributed by atoms with Gasteiger partial charge in [-0.1, -0.05) is 18.2 Å². The topological polar surface area (TPSA) is 479 Å². The summed E-state index contributed by atoms with van der Waals surface area (Å²) in [5.74, 6) is 1.44. The molecule has 0 amide bonds. The summed E-state index contributed by atoms with van der Waals surface area (Å²) in [6, 6.07) is 5.85. The number of pyridine rings is 3. The van der Waals surface area contributed by atoms with Crippen LogP contribution in [-0.4, -0.2) is 234 Å². The minimum atomic E-state index is -0.239. The molecule has 5 aliphatic heterocycles. The number of aryl methyl sites for hydroxylation is 7. The molecule has 23 rings (SSSR count). The van der Waals surface area contributed by atoms with Crippen molar-refractivity contribution in [1.29, 1.82) is 0 Å². The number of nitrogens with one attached hydrogen (secondary N) is 4. The fraction of sp³-hybridized carbons (Fsp3) is 0.333. The molecule has 130 heavy (non-hydrogen) atoms. The van der Waals surface area contributed by atoms with E-state index in [0.29, 0.717) is 44.2 Å². The summed E-state index contributed by atoms with van der Waals surface area (Å²) in [5.41, 5.74) is 29.6. The zero-order valence-electron chi connectivity index (χ0n) is 72.0. The summed E-state index contributed by atoms with van der Waals surface area (Å²) < 4.78 is 47.4. The Bertz CT molecular complexity index is 7190. The largest absolute Gasteiger partial charge is 0.490 e. The van der Waals surface area contributed by atoms with Crippen LogP contribution in [0.4, 0.5) is 29.0 Å². The summed E-state index contributed by atoms with van der Waals surface area (Å²) in [7, 11) is 7.39. The van der Waals surface area contributed by atoms with E-state index < -0.39 is 0 Å². The molecule has 0 bridgehead atoms. The van der Waals surface area contributed by atoms with E-state index in [4.69, 9.17) is 95.5 Å². The Kier molecular flexibility index (Phi) is 28.4. The molecule has 670 valence electrons. The lowest BCUT2D eigenvalue weighted by Gasteiger charge is -2.32. The van der Waals surface area contributed by atoms with Crippen LogP contribution in [0, 0.1) is 28.2 Å². The Labute approximate surface area is 787 Å². The third kappa shape index (κ3) is 21.1. The van der Waals surface area contributed by atoms with E-state index in [0.717, 1.165) is 211 Å². The fourth-order valence-corrected chi connectivity index (χ4v) is 15.8. The number of aromatic amines is 2. The first-order chi connectivity index (χ1) is 62.6. The molecule has 0 aliphatic carbocycles. The molecule has 23 heterocycles. The highest BCUT2D eigenvalue weighted by Crippen LogP contribution is 2.40. The van der Waals surface area contributed by atoms with Crippen molar-refractivity contribution in [2.75, 3.05) is 69.2 Å². The molecule has 49 heteroatoms. The van der Waals surface area contributed by atoms with Gasteiger partial charge in [0.15, 0.2) is 16.9 Å². The zero-order chi connectivity index (χ0) is 91.1. The van der Waals surface area contributed by atoms with Crippen molar-refractivity contribution >= 4 is 222 Å². The molecule has 18 aromatic rings. The van der Waals surface area contributed by atoms with Crippen LogP contribution >= 0.6 is 91.6 Å². The molecule has 42 nitrogen and oxygen atoms in total. The van der Waals surface area contributed by atoms with E-state index in [2.05, 4.69) is 211 Å². The van der Waals surface area contributed by atoms with Gasteiger partial charge in [0.1, 0.15) is 104 Å². The van der Waals surface area contributed by atoms with Crippen LogP contribution in [0.15, 0.2) is 123 Å². The molecule has 0 aromatic carbocycles. The maximum atomic E-state index is 5.96. The van der Waals surface area contributed by atoms with E-state index in [-0.39, 0.29) is 39.5 Å². The molecule has 0 unspecified atom stereocenters. The third-order valence-electron chi connectivity index (χ3n) is 21.8. The predicted octanol–water partition coefficient (Wildman–Crippen LogP) is 13.3. The predicted molar refractivity (Wildman–Crippen MR) is 507 cm³/mol. The Balaban J connectivity index is 0.000000112. The Hall–Kier alpha value is -11.8. The number of nitrogens with zero attached hydrogens (tertiary/aromatic N) is 31. The number of ether oxygens (including phenoxy) is 4. The highest BCUT2D eigenvalue weighted by atomic mass is 127. The molecule has 0 saturated carbocycles. The van der Waals surface area contributed by atoms with E-state index in [1.165, 1.54) is 24.5 Å². The van der Waals surface area contributed by atoms with E-state index in [1.54, 1.807) is 66.3 Å². The molecule has 2 saturated heterocycles. The Morgan fingerprint density at radius 2 is 0.931 bits per heavy atom. The number of H-pyrrole nitrogens is 2. The fourth-order valence-electron chi connectivity index (χ4n) is 14.0. The second-order valence-electron chi connectivity index (χ2n) is 31.0. The summed E-state index contributed by atoms with van der Waals surface area (Å²) in [6.45, 7) is 20.0. The molecule has 0 radical (unpaired) electrons. The van der Waals surface area contributed by atoms with Crippen molar-refractivity contribution in [2.24, 2.45) is 28.2 Å². The Morgan fingerprint density at radius 3 is 1.48 bits per heavy atom. The summed E-state index contributed by atoms with van der Waals surface area (Å²) >= 11 is 26.8. The van der Waals surface area contributed by atoms with Crippen molar-refractivity contribution in [3.8, 4) is 0 Å². The average molecular weight is 2070 g/mol. The lowest BCUT2D eigenvalue weighted by Crippen LogP contribution is -2.41. The number of hydrogen-bond acceptors (Lipinski definition) is 33. The van der Waals surface area contributed by atoms with Gasteiger partial charge >= 0.3 is 7.12 Å². The van der Waals surface area contributed by atoms with Crippen LogP contribution in [0.3, 0.4) is 0 Å². The number of rotatable bonds is 8. The van der Waals surface area contributed by atoms with Gasteiger partial charge in [-0.3, -0.25) is 28.9 Å². The molecule has 5 aliphatic rings. The lowest BCUT2D eigenvalue weighted by atomic mass is 9.75. The van der Waals surface area contributed by atoms with Crippen molar-refractivity contribution in [2.45, 2.75) is 97.7 Å². The van der Waals surface area contributed by atoms with Crippen LogP contribution in [0.2, 0.25) is 21.1 Å². The first-order valence-electron chi connectivity index (χ1n) is 40.7. The van der Waals surface area contributed by atoms with Crippen LogP contribution in [0.25, 0.3) is 94.3 Å². The van der Waals surface area contributed by atoms with E-state index >= 15 is 0 Å². The Morgan fingerprint density at radius 1 is 0.469 bits per heavy atom. The second-order valence-corrected chi connectivity index (χ2v) is 34.4. The van der Waals surface area contributed by atoms with E-state index in [9.17, 15) is 0 Å².